The molecule has 120 valence electrons. The number of nitrogens with one attached hydrogen (secondary N) is 1. The van der Waals surface area contributed by atoms with Crippen molar-refractivity contribution in [2.24, 2.45) is 0 Å². The zero-order chi connectivity index (χ0) is 17.0. The minimum Gasteiger partial charge on any atom is -0.449 e. The molecule has 1 amide bonds. The summed E-state index contributed by atoms with van der Waals surface area (Å²) in [4.78, 5) is 27.8. The van der Waals surface area contributed by atoms with Gasteiger partial charge in [-0.2, -0.15) is 0 Å². The third-order valence-electron chi connectivity index (χ3n) is 2.78. The second kappa shape index (κ2) is 7.65. The van der Waals surface area contributed by atoms with Crippen LogP contribution >= 0.6 is 31.9 Å². The van der Waals surface area contributed by atoms with E-state index in [1.54, 1.807) is 6.07 Å². The highest BCUT2D eigenvalue weighted by molar-refractivity contribution is 9.10. The number of amides is 1. The average molecular weight is 446 g/mol. The molecule has 1 N–H and O–H groups in total. The van der Waals surface area contributed by atoms with E-state index in [4.69, 9.17) is 4.74 Å². The lowest BCUT2D eigenvalue weighted by Crippen LogP contribution is -2.30. The van der Waals surface area contributed by atoms with Gasteiger partial charge in [0.15, 0.2) is 6.10 Å². The topological polar surface area (TPSA) is 68.3 Å². The maximum atomic E-state index is 13.7. The molecule has 2 rings (SSSR count). The van der Waals surface area contributed by atoms with Crippen molar-refractivity contribution in [3.05, 3.63) is 57.0 Å². The van der Waals surface area contributed by atoms with Crippen LogP contribution in [-0.2, 0) is 9.53 Å². The summed E-state index contributed by atoms with van der Waals surface area (Å²) in [6.45, 7) is 1.40. The van der Waals surface area contributed by atoms with Gasteiger partial charge in [0.25, 0.3) is 5.91 Å². The number of hydrogen-bond donors (Lipinski definition) is 1. The number of nitrogens with zero attached hydrogens (tertiary/aromatic N) is 1. The highest BCUT2D eigenvalue weighted by Gasteiger charge is 2.20. The highest BCUT2D eigenvalue weighted by atomic mass is 79.9. The first-order valence-corrected chi connectivity index (χ1v) is 8.03. The van der Waals surface area contributed by atoms with Gasteiger partial charge < -0.3 is 10.1 Å². The Balaban J connectivity index is 2.01. The third kappa shape index (κ3) is 4.84. The molecule has 1 aromatic heterocycles. The van der Waals surface area contributed by atoms with E-state index in [2.05, 4.69) is 42.2 Å². The minimum atomic E-state index is -1.09. The predicted molar refractivity (Wildman–Crippen MR) is 89.5 cm³/mol. The molecule has 0 saturated heterocycles. The van der Waals surface area contributed by atoms with Gasteiger partial charge in [-0.3, -0.25) is 9.78 Å². The van der Waals surface area contributed by atoms with Gasteiger partial charge in [-0.05, 0) is 47.1 Å². The SMILES string of the molecule is CC(OC(=O)c1cncc(Br)c1)C(=O)Nc1ccc(Br)cc1F. The molecule has 0 aliphatic heterocycles. The summed E-state index contributed by atoms with van der Waals surface area (Å²) in [6, 6.07) is 5.74. The number of carbonyl (C=O) groups excluding carboxylic acids is 2. The summed E-state index contributed by atoms with van der Waals surface area (Å²) < 4.78 is 19.9. The largest absolute Gasteiger partial charge is 0.449 e. The van der Waals surface area contributed by atoms with Crippen LogP contribution in [0.15, 0.2) is 45.6 Å². The van der Waals surface area contributed by atoms with Crippen molar-refractivity contribution in [1.82, 2.24) is 4.98 Å². The van der Waals surface area contributed by atoms with Crippen LogP contribution in [-0.4, -0.2) is 23.0 Å². The van der Waals surface area contributed by atoms with Crippen molar-refractivity contribution >= 4 is 49.4 Å². The minimum absolute atomic E-state index is 0.00483. The molecule has 2 aromatic rings. The van der Waals surface area contributed by atoms with Crippen LogP contribution in [0, 0.1) is 5.82 Å². The van der Waals surface area contributed by atoms with E-state index < -0.39 is 23.8 Å². The number of hydrogen-bond acceptors (Lipinski definition) is 4. The summed E-state index contributed by atoms with van der Waals surface area (Å²) in [5, 5.41) is 2.37. The van der Waals surface area contributed by atoms with Crippen LogP contribution in [0.1, 0.15) is 17.3 Å². The number of benzene rings is 1. The molecular weight excluding hydrogens is 435 g/mol. The molecule has 1 atom stereocenters. The van der Waals surface area contributed by atoms with Crippen molar-refractivity contribution in [2.75, 3.05) is 5.32 Å². The second-order valence-electron chi connectivity index (χ2n) is 4.55. The normalized spacial score (nSPS) is 11.7. The van der Waals surface area contributed by atoms with Crippen molar-refractivity contribution in [2.45, 2.75) is 13.0 Å². The monoisotopic (exact) mass is 444 g/mol. The first-order chi connectivity index (χ1) is 10.9. The van der Waals surface area contributed by atoms with Crippen molar-refractivity contribution in [1.29, 1.82) is 0 Å². The van der Waals surface area contributed by atoms with Gasteiger partial charge in [0.2, 0.25) is 0 Å². The summed E-state index contributed by atoms with van der Waals surface area (Å²) in [7, 11) is 0. The molecule has 5 nitrogen and oxygen atoms in total. The van der Waals surface area contributed by atoms with Crippen molar-refractivity contribution in [3.63, 3.8) is 0 Å². The van der Waals surface area contributed by atoms with Gasteiger partial charge in [0.05, 0.1) is 11.3 Å². The molecule has 0 aliphatic carbocycles. The number of anilines is 1. The fraction of sp³-hybridized carbons (Fsp3) is 0.133. The Morgan fingerprint density at radius 2 is 1.96 bits per heavy atom. The molecule has 0 saturated carbocycles. The quantitative estimate of drug-likeness (QED) is 0.724. The summed E-state index contributed by atoms with van der Waals surface area (Å²) in [5.41, 5.74) is 0.207. The number of esters is 1. The van der Waals surface area contributed by atoms with E-state index in [1.165, 1.54) is 37.5 Å². The van der Waals surface area contributed by atoms with Crippen molar-refractivity contribution < 1.29 is 18.7 Å². The Morgan fingerprint density at radius 1 is 1.22 bits per heavy atom. The zero-order valence-electron chi connectivity index (χ0n) is 11.8. The maximum Gasteiger partial charge on any atom is 0.340 e. The molecule has 1 unspecified atom stereocenters. The maximum absolute atomic E-state index is 13.7. The Labute approximate surface area is 148 Å². The van der Waals surface area contributed by atoms with Crippen LogP contribution in [0.25, 0.3) is 0 Å². The molecule has 0 fully saturated rings. The van der Waals surface area contributed by atoms with Crippen LogP contribution in [0.5, 0.6) is 0 Å². The lowest BCUT2D eigenvalue weighted by atomic mass is 10.2. The molecule has 0 aliphatic rings. The number of ether oxygens (including phenoxy) is 1. The van der Waals surface area contributed by atoms with E-state index in [0.717, 1.165) is 0 Å². The highest BCUT2D eigenvalue weighted by Crippen LogP contribution is 2.20. The van der Waals surface area contributed by atoms with E-state index in [1.807, 2.05) is 0 Å². The van der Waals surface area contributed by atoms with Gasteiger partial charge in [0.1, 0.15) is 5.82 Å². The Kier molecular flexibility index (Phi) is 5.84. The number of carbonyl (C=O) groups is 2. The number of rotatable bonds is 4. The number of aromatic nitrogens is 1. The molecule has 0 radical (unpaired) electrons. The lowest BCUT2D eigenvalue weighted by Gasteiger charge is -2.14. The first-order valence-electron chi connectivity index (χ1n) is 6.44. The van der Waals surface area contributed by atoms with Crippen LogP contribution in [0.4, 0.5) is 10.1 Å². The van der Waals surface area contributed by atoms with Gasteiger partial charge in [-0.25, -0.2) is 9.18 Å². The Bertz CT molecular complexity index is 755. The fourth-order valence-electron chi connectivity index (χ4n) is 1.63. The first kappa shape index (κ1) is 17.6. The second-order valence-corrected chi connectivity index (χ2v) is 6.38. The molecule has 0 spiro atoms. The van der Waals surface area contributed by atoms with E-state index in [0.29, 0.717) is 8.95 Å². The van der Waals surface area contributed by atoms with Crippen molar-refractivity contribution in [3.8, 4) is 0 Å². The van der Waals surface area contributed by atoms with E-state index >= 15 is 0 Å². The standard InChI is InChI=1S/C15H11Br2FN2O3/c1-8(23-15(22)9-4-11(17)7-19-6-9)14(21)20-13-3-2-10(16)5-12(13)18/h2-8H,1H3,(H,20,21). The smallest absolute Gasteiger partial charge is 0.340 e. The van der Waals surface area contributed by atoms with Gasteiger partial charge in [-0.15, -0.1) is 0 Å². The van der Waals surface area contributed by atoms with Gasteiger partial charge in [0, 0.05) is 21.3 Å². The van der Waals surface area contributed by atoms with Crippen LogP contribution in [0.2, 0.25) is 0 Å². The van der Waals surface area contributed by atoms with Gasteiger partial charge in [-0.1, -0.05) is 15.9 Å². The van der Waals surface area contributed by atoms with Crippen LogP contribution in [0.3, 0.4) is 0 Å². The van der Waals surface area contributed by atoms with Crippen LogP contribution < -0.4 is 5.32 Å². The Morgan fingerprint density at radius 3 is 2.61 bits per heavy atom. The summed E-state index contributed by atoms with van der Waals surface area (Å²) in [6.07, 6.45) is 1.75. The molecule has 23 heavy (non-hydrogen) atoms. The molecular formula is C15H11Br2FN2O3. The molecule has 1 aromatic carbocycles. The predicted octanol–water partition coefficient (Wildman–Crippen LogP) is 3.93. The number of halogens is 3. The molecule has 8 heteroatoms. The Hall–Kier alpha value is -1.80. The molecule has 1 heterocycles. The average Bonchev–Trinajstić information content (AvgIpc) is 2.49. The lowest BCUT2D eigenvalue weighted by molar-refractivity contribution is -0.123. The van der Waals surface area contributed by atoms with E-state index in [9.17, 15) is 14.0 Å². The third-order valence-corrected chi connectivity index (χ3v) is 3.71. The fourth-order valence-corrected chi connectivity index (χ4v) is 2.33. The van der Waals surface area contributed by atoms with E-state index in [-0.39, 0.29) is 11.3 Å². The molecule has 0 bridgehead atoms. The summed E-state index contributed by atoms with van der Waals surface area (Å²) >= 11 is 6.31. The summed E-state index contributed by atoms with van der Waals surface area (Å²) in [5.74, 6) is -1.93. The van der Waals surface area contributed by atoms with Gasteiger partial charge >= 0.3 is 5.97 Å². The number of pyridine rings is 1. The zero-order valence-corrected chi connectivity index (χ0v) is 15.0.